The van der Waals surface area contributed by atoms with Gasteiger partial charge in [0.05, 0.1) is 18.1 Å². The Bertz CT molecular complexity index is 672. The van der Waals surface area contributed by atoms with E-state index in [0.29, 0.717) is 12.3 Å². The molecule has 1 aromatic rings. The van der Waals surface area contributed by atoms with Crippen LogP contribution in [0.2, 0.25) is 0 Å². The Balaban J connectivity index is 1.81. The van der Waals surface area contributed by atoms with Crippen molar-refractivity contribution in [1.29, 1.82) is 0 Å². The third kappa shape index (κ3) is 6.24. The predicted molar refractivity (Wildman–Crippen MR) is 97.7 cm³/mol. The molecule has 1 atom stereocenters. The van der Waals surface area contributed by atoms with Gasteiger partial charge < -0.3 is 14.8 Å². The molecule has 0 saturated carbocycles. The van der Waals surface area contributed by atoms with Gasteiger partial charge in [0, 0.05) is 26.7 Å². The van der Waals surface area contributed by atoms with Crippen LogP contribution in [-0.2, 0) is 19.6 Å². The number of carbonyl (C=O) groups is 1. The number of nitrogens with zero attached hydrogens (tertiary/aromatic N) is 1. The van der Waals surface area contributed by atoms with Crippen molar-refractivity contribution in [2.45, 2.75) is 24.3 Å². The van der Waals surface area contributed by atoms with E-state index in [0.717, 1.165) is 39.3 Å². The summed E-state index contributed by atoms with van der Waals surface area (Å²) in [6.07, 6.45) is 0.0881. The second-order valence-corrected chi connectivity index (χ2v) is 7.82. The summed E-state index contributed by atoms with van der Waals surface area (Å²) >= 11 is 0. The number of carbonyl (C=O) groups excluding carboxylic acids is 1. The minimum atomic E-state index is -3.56. The van der Waals surface area contributed by atoms with Crippen molar-refractivity contribution in [3.05, 3.63) is 24.3 Å². The van der Waals surface area contributed by atoms with E-state index in [1.165, 1.54) is 19.2 Å². The van der Waals surface area contributed by atoms with Crippen LogP contribution in [0.25, 0.3) is 0 Å². The third-order valence-corrected chi connectivity index (χ3v) is 5.59. The Morgan fingerprint density at radius 1 is 1.27 bits per heavy atom. The largest absolute Gasteiger partial charge is 0.481 e. The van der Waals surface area contributed by atoms with Gasteiger partial charge in [0.1, 0.15) is 5.75 Å². The van der Waals surface area contributed by atoms with Crippen molar-refractivity contribution in [3.63, 3.8) is 0 Å². The summed E-state index contributed by atoms with van der Waals surface area (Å²) in [7, 11) is -2.03. The molecule has 0 aliphatic carbocycles. The molecule has 2 rings (SSSR count). The molecule has 26 heavy (non-hydrogen) atoms. The van der Waals surface area contributed by atoms with Crippen molar-refractivity contribution < 1.29 is 22.7 Å². The van der Waals surface area contributed by atoms with Crippen LogP contribution >= 0.6 is 0 Å². The number of morpholine rings is 1. The molecule has 9 heteroatoms. The summed E-state index contributed by atoms with van der Waals surface area (Å²) in [5.74, 6) is 0.191. The lowest BCUT2D eigenvalue weighted by Gasteiger charge is -2.26. The Labute approximate surface area is 154 Å². The van der Waals surface area contributed by atoms with Gasteiger partial charge in [-0.2, -0.15) is 0 Å². The van der Waals surface area contributed by atoms with E-state index in [9.17, 15) is 13.2 Å². The Hall–Kier alpha value is -1.68. The first kappa shape index (κ1) is 20.6. The first-order chi connectivity index (χ1) is 12.4. The van der Waals surface area contributed by atoms with Gasteiger partial charge in [-0.1, -0.05) is 0 Å². The van der Waals surface area contributed by atoms with E-state index in [4.69, 9.17) is 9.47 Å². The number of amides is 1. The fourth-order valence-corrected chi connectivity index (χ4v) is 3.65. The van der Waals surface area contributed by atoms with Gasteiger partial charge in [-0.3, -0.25) is 9.69 Å². The van der Waals surface area contributed by atoms with Gasteiger partial charge >= 0.3 is 0 Å². The van der Waals surface area contributed by atoms with Crippen LogP contribution in [0.4, 0.5) is 0 Å². The maximum atomic E-state index is 12.3. The second-order valence-electron chi connectivity index (χ2n) is 6.05. The molecular formula is C17H27N3O5S. The molecule has 0 aromatic heterocycles. The molecule has 0 radical (unpaired) electrons. The second kappa shape index (κ2) is 9.86. The minimum Gasteiger partial charge on any atom is -0.481 e. The number of hydrogen-bond acceptors (Lipinski definition) is 6. The van der Waals surface area contributed by atoms with Crippen LogP contribution in [0, 0.1) is 0 Å². The zero-order chi connectivity index (χ0) is 19.0. The van der Waals surface area contributed by atoms with Crippen LogP contribution in [0.5, 0.6) is 5.75 Å². The Morgan fingerprint density at radius 2 is 1.92 bits per heavy atom. The molecule has 0 unspecified atom stereocenters. The van der Waals surface area contributed by atoms with Crippen molar-refractivity contribution in [2.75, 3.05) is 46.4 Å². The average Bonchev–Trinajstić information content (AvgIpc) is 2.66. The van der Waals surface area contributed by atoms with E-state index in [1.807, 2.05) is 0 Å². The quantitative estimate of drug-likeness (QED) is 0.590. The molecule has 1 saturated heterocycles. The fraction of sp³-hybridized carbons (Fsp3) is 0.588. The Kier molecular flexibility index (Phi) is 7.83. The summed E-state index contributed by atoms with van der Waals surface area (Å²) in [6.45, 7) is 6.10. The molecule has 1 aromatic carbocycles. The van der Waals surface area contributed by atoms with E-state index in [1.54, 1.807) is 19.1 Å². The molecule has 1 amide bonds. The zero-order valence-corrected chi connectivity index (χ0v) is 16.0. The molecular weight excluding hydrogens is 358 g/mol. The summed E-state index contributed by atoms with van der Waals surface area (Å²) < 4.78 is 38.0. The smallest absolute Gasteiger partial charge is 0.260 e. The SMILES string of the molecule is CNC(=O)[C@@H](C)Oc1ccc(S(=O)(=O)NCCCN2CCOCC2)cc1. The molecule has 0 spiro atoms. The van der Waals surface area contributed by atoms with Crippen molar-refractivity contribution >= 4 is 15.9 Å². The maximum Gasteiger partial charge on any atom is 0.260 e. The van der Waals surface area contributed by atoms with E-state index >= 15 is 0 Å². The molecule has 1 aliphatic heterocycles. The lowest BCUT2D eigenvalue weighted by atomic mass is 10.3. The van der Waals surface area contributed by atoms with Gasteiger partial charge in [0.15, 0.2) is 6.10 Å². The number of ether oxygens (including phenoxy) is 2. The highest BCUT2D eigenvalue weighted by Gasteiger charge is 2.16. The van der Waals surface area contributed by atoms with Gasteiger partial charge in [-0.15, -0.1) is 0 Å². The van der Waals surface area contributed by atoms with Crippen molar-refractivity contribution in [2.24, 2.45) is 0 Å². The lowest BCUT2D eigenvalue weighted by Crippen LogP contribution is -2.38. The lowest BCUT2D eigenvalue weighted by molar-refractivity contribution is -0.126. The summed E-state index contributed by atoms with van der Waals surface area (Å²) in [6, 6.07) is 6.02. The first-order valence-corrected chi connectivity index (χ1v) is 10.2. The van der Waals surface area contributed by atoms with Crippen LogP contribution in [-0.4, -0.2) is 71.8 Å². The number of likely N-dealkylation sites (N-methyl/N-ethyl adjacent to an activating group) is 1. The van der Waals surface area contributed by atoms with Crippen LogP contribution in [0.3, 0.4) is 0 Å². The van der Waals surface area contributed by atoms with Gasteiger partial charge in [-0.25, -0.2) is 13.1 Å². The number of nitrogens with one attached hydrogen (secondary N) is 2. The highest BCUT2D eigenvalue weighted by molar-refractivity contribution is 7.89. The van der Waals surface area contributed by atoms with Gasteiger partial charge in [0.25, 0.3) is 5.91 Å². The number of rotatable bonds is 9. The van der Waals surface area contributed by atoms with E-state index < -0.39 is 16.1 Å². The van der Waals surface area contributed by atoms with Crippen LogP contribution in [0.15, 0.2) is 29.2 Å². The summed E-state index contributed by atoms with van der Waals surface area (Å²) in [4.78, 5) is 13.9. The van der Waals surface area contributed by atoms with Gasteiger partial charge in [0.2, 0.25) is 10.0 Å². The van der Waals surface area contributed by atoms with Crippen LogP contribution < -0.4 is 14.8 Å². The van der Waals surface area contributed by atoms with E-state index in [-0.39, 0.29) is 10.8 Å². The van der Waals surface area contributed by atoms with Crippen molar-refractivity contribution in [3.8, 4) is 5.75 Å². The van der Waals surface area contributed by atoms with Crippen LogP contribution in [0.1, 0.15) is 13.3 Å². The topological polar surface area (TPSA) is 97.0 Å². The molecule has 8 nitrogen and oxygen atoms in total. The fourth-order valence-electron chi connectivity index (χ4n) is 2.58. The summed E-state index contributed by atoms with van der Waals surface area (Å²) in [5.41, 5.74) is 0. The number of benzene rings is 1. The van der Waals surface area contributed by atoms with Crippen molar-refractivity contribution in [1.82, 2.24) is 14.9 Å². The highest BCUT2D eigenvalue weighted by atomic mass is 32.2. The predicted octanol–water partition coefficient (Wildman–Crippen LogP) is 0.201. The van der Waals surface area contributed by atoms with E-state index in [2.05, 4.69) is 14.9 Å². The summed E-state index contributed by atoms with van der Waals surface area (Å²) in [5, 5.41) is 2.49. The third-order valence-electron chi connectivity index (χ3n) is 4.11. The normalized spacial score (nSPS) is 16.8. The van der Waals surface area contributed by atoms with Gasteiger partial charge in [-0.05, 0) is 44.2 Å². The Morgan fingerprint density at radius 3 is 2.54 bits per heavy atom. The first-order valence-electron chi connectivity index (χ1n) is 8.70. The zero-order valence-electron chi connectivity index (χ0n) is 15.2. The molecule has 0 bridgehead atoms. The molecule has 1 heterocycles. The molecule has 146 valence electrons. The molecule has 2 N–H and O–H groups in total. The minimum absolute atomic E-state index is 0.170. The number of hydrogen-bond donors (Lipinski definition) is 2. The molecule has 1 fully saturated rings. The standard InChI is InChI=1S/C17H27N3O5S/c1-14(17(21)18-2)25-15-4-6-16(7-5-15)26(22,23)19-8-3-9-20-10-12-24-13-11-20/h4-7,14,19H,3,8-13H2,1-2H3,(H,18,21)/t14-/m1/s1. The highest BCUT2D eigenvalue weighted by Crippen LogP contribution is 2.17. The molecule has 1 aliphatic rings. The monoisotopic (exact) mass is 385 g/mol. The maximum absolute atomic E-state index is 12.3. The average molecular weight is 385 g/mol. The number of sulfonamides is 1.